The van der Waals surface area contributed by atoms with E-state index in [-0.39, 0.29) is 12.4 Å². The quantitative estimate of drug-likeness (QED) is 0.825. The molecule has 0 aliphatic carbocycles. The minimum absolute atomic E-state index is 0.101. The van der Waals surface area contributed by atoms with Crippen LogP contribution in [0.15, 0.2) is 30.5 Å². The molecule has 0 saturated carbocycles. The number of aliphatic hydroxyl groups is 1. The Balaban J connectivity index is 2.30. The standard InChI is InChI=1S/C12H13N3O2/c16-7-3-6-12-14-10(8-13-15-12)9-4-1-2-5-11(9)17/h1-2,4-5,8,16-17H,3,6-7H2. The summed E-state index contributed by atoms with van der Waals surface area (Å²) in [5, 5.41) is 26.2. The highest BCUT2D eigenvalue weighted by Gasteiger charge is 2.06. The number of aryl methyl sites for hydroxylation is 1. The molecule has 0 aliphatic rings. The molecule has 0 radical (unpaired) electrons. The highest BCUT2D eigenvalue weighted by molar-refractivity contribution is 5.65. The van der Waals surface area contributed by atoms with Crippen LogP contribution in [0, 0.1) is 0 Å². The molecule has 1 heterocycles. The molecule has 88 valence electrons. The van der Waals surface area contributed by atoms with Crippen LogP contribution in [0.3, 0.4) is 0 Å². The van der Waals surface area contributed by atoms with Crippen LogP contribution in [0.5, 0.6) is 5.75 Å². The zero-order valence-corrected chi connectivity index (χ0v) is 9.24. The molecule has 2 rings (SSSR count). The molecule has 0 saturated heterocycles. The number of nitrogens with zero attached hydrogens (tertiary/aromatic N) is 3. The summed E-state index contributed by atoms with van der Waals surface area (Å²) in [4.78, 5) is 4.30. The molecule has 0 unspecified atom stereocenters. The first-order chi connectivity index (χ1) is 8.31. The number of phenols is 1. The summed E-state index contributed by atoms with van der Waals surface area (Å²) in [7, 11) is 0. The van der Waals surface area contributed by atoms with Gasteiger partial charge in [-0.05, 0) is 18.6 Å². The van der Waals surface area contributed by atoms with E-state index < -0.39 is 0 Å². The van der Waals surface area contributed by atoms with E-state index in [4.69, 9.17) is 5.11 Å². The van der Waals surface area contributed by atoms with Gasteiger partial charge in [-0.3, -0.25) is 0 Å². The van der Waals surface area contributed by atoms with Gasteiger partial charge >= 0.3 is 0 Å². The fourth-order valence-electron chi connectivity index (χ4n) is 1.50. The molecule has 2 aromatic rings. The molecule has 1 aromatic heterocycles. The van der Waals surface area contributed by atoms with Crippen molar-refractivity contribution in [2.24, 2.45) is 0 Å². The second-order valence-corrected chi connectivity index (χ2v) is 3.60. The molecule has 0 atom stereocenters. The number of para-hydroxylation sites is 1. The van der Waals surface area contributed by atoms with Crippen molar-refractivity contribution in [3.8, 4) is 17.0 Å². The molecule has 0 fully saturated rings. The zero-order chi connectivity index (χ0) is 12.1. The van der Waals surface area contributed by atoms with Crippen LogP contribution >= 0.6 is 0 Å². The van der Waals surface area contributed by atoms with Gasteiger partial charge in [0.25, 0.3) is 0 Å². The lowest BCUT2D eigenvalue weighted by atomic mass is 10.1. The van der Waals surface area contributed by atoms with Gasteiger partial charge in [0.05, 0.1) is 11.9 Å². The summed E-state index contributed by atoms with van der Waals surface area (Å²) < 4.78 is 0. The first-order valence-electron chi connectivity index (χ1n) is 5.39. The second kappa shape index (κ2) is 5.36. The smallest absolute Gasteiger partial charge is 0.151 e. The average molecular weight is 231 g/mol. The van der Waals surface area contributed by atoms with Crippen molar-refractivity contribution in [2.75, 3.05) is 6.61 Å². The van der Waals surface area contributed by atoms with Gasteiger partial charge in [-0.2, -0.15) is 5.10 Å². The number of phenolic OH excluding ortho intramolecular Hbond substituents is 1. The Morgan fingerprint density at radius 2 is 2.00 bits per heavy atom. The molecule has 5 heteroatoms. The number of aromatic nitrogens is 3. The van der Waals surface area contributed by atoms with Crippen molar-refractivity contribution in [1.29, 1.82) is 0 Å². The minimum atomic E-state index is 0.101. The Morgan fingerprint density at radius 3 is 2.76 bits per heavy atom. The van der Waals surface area contributed by atoms with E-state index in [1.54, 1.807) is 18.2 Å². The number of hydrogen-bond donors (Lipinski definition) is 2. The first-order valence-corrected chi connectivity index (χ1v) is 5.39. The SMILES string of the molecule is OCCCc1nncc(-c2ccccc2O)n1. The van der Waals surface area contributed by atoms with Gasteiger partial charge in [0.15, 0.2) is 5.82 Å². The van der Waals surface area contributed by atoms with E-state index in [1.807, 2.05) is 6.07 Å². The van der Waals surface area contributed by atoms with E-state index in [9.17, 15) is 5.11 Å². The van der Waals surface area contributed by atoms with Gasteiger partial charge in [0.1, 0.15) is 5.75 Å². The summed E-state index contributed by atoms with van der Waals surface area (Å²) >= 11 is 0. The van der Waals surface area contributed by atoms with Crippen LogP contribution in [-0.2, 0) is 6.42 Å². The van der Waals surface area contributed by atoms with Crippen molar-refractivity contribution in [3.63, 3.8) is 0 Å². The highest BCUT2D eigenvalue weighted by Crippen LogP contribution is 2.26. The van der Waals surface area contributed by atoms with E-state index in [0.29, 0.717) is 29.9 Å². The third-order valence-corrected chi connectivity index (χ3v) is 2.34. The lowest BCUT2D eigenvalue weighted by Crippen LogP contribution is -2.00. The third kappa shape index (κ3) is 2.76. The fourth-order valence-corrected chi connectivity index (χ4v) is 1.50. The van der Waals surface area contributed by atoms with Crippen molar-refractivity contribution in [1.82, 2.24) is 15.2 Å². The number of rotatable bonds is 4. The van der Waals surface area contributed by atoms with Gasteiger partial charge in [0, 0.05) is 18.6 Å². The number of aliphatic hydroxyl groups excluding tert-OH is 1. The Hall–Kier alpha value is -2.01. The maximum Gasteiger partial charge on any atom is 0.151 e. The molecule has 0 bridgehead atoms. The van der Waals surface area contributed by atoms with Crippen LogP contribution in [0.4, 0.5) is 0 Å². The summed E-state index contributed by atoms with van der Waals surface area (Å²) in [6.45, 7) is 0.101. The molecule has 2 N–H and O–H groups in total. The average Bonchev–Trinajstić information content (AvgIpc) is 2.37. The Morgan fingerprint density at radius 1 is 1.18 bits per heavy atom. The summed E-state index contributed by atoms with van der Waals surface area (Å²) in [6, 6.07) is 6.95. The molecule has 5 nitrogen and oxygen atoms in total. The highest BCUT2D eigenvalue weighted by atomic mass is 16.3. The fraction of sp³-hybridized carbons (Fsp3) is 0.250. The first kappa shape index (κ1) is 11.5. The van der Waals surface area contributed by atoms with Crippen LogP contribution < -0.4 is 0 Å². The third-order valence-electron chi connectivity index (χ3n) is 2.34. The molecule has 0 aliphatic heterocycles. The topological polar surface area (TPSA) is 79.1 Å². The van der Waals surface area contributed by atoms with E-state index >= 15 is 0 Å². The maximum atomic E-state index is 9.70. The lowest BCUT2D eigenvalue weighted by Gasteiger charge is -2.04. The summed E-state index contributed by atoms with van der Waals surface area (Å²) in [6.07, 6.45) is 2.69. The molecule has 17 heavy (non-hydrogen) atoms. The van der Waals surface area contributed by atoms with Crippen molar-refractivity contribution in [3.05, 3.63) is 36.3 Å². The van der Waals surface area contributed by atoms with Crippen LogP contribution in [0.2, 0.25) is 0 Å². The largest absolute Gasteiger partial charge is 0.507 e. The zero-order valence-electron chi connectivity index (χ0n) is 9.24. The van der Waals surface area contributed by atoms with Crippen LogP contribution in [-0.4, -0.2) is 32.0 Å². The molecular formula is C12H13N3O2. The number of hydrogen-bond acceptors (Lipinski definition) is 5. The monoisotopic (exact) mass is 231 g/mol. The van der Waals surface area contributed by atoms with Crippen LogP contribution in [0.25, 0.3) is 11.3 Å². The Bertz CT molecular complexity index is 503. The van der Waals surface area contributed by atoms with Crippen molar-refractivity contribution < 1.29 is 10.2 Å². The van der Waals surface area contributed by atoms with Gasteiger partial charge in [-0.1, -0.05) is 12.1 Å². The predicted octanol–water partition coefficient (Wildman–Crippen LogP) is 1.17. The Kier molecular flexibility index (Phi) is 3.62. The molecular weight excluding hydrogens is 218 g/mol. The van der Waals surface area contributed by atoms with Gasteiger partial charge < -0.3 is 10.2 Å². The molecule has 1 aromatic carbocycles. The van der Waals surface area contributed by atoms with Gasteiger partial charge in [-0.25, -0.2) is 4.98 Å². The predicted molar refractivity (Wildman–Crippen MR) is 62.3 cm³/mol. The normalized spacial score (nSPS) is 10.4. The van der Waals surface area contributed by atoms with Gasteiger partial charge in [0.2, 0.25) is 0 Å². The van der Waals surface area contributed by atoms with Crippen LogP contribution in [0.1, 0.15) is 12.2 Å². The number of benzene rings is 1. The van der Waals surface area contributed by atoms with Crippen molar-refractivity contribution in [2.45, 2.75) is 12.8 Å². The Labute approximate surface area is 98.8 Å². The second-order valence-electron chi connectivity index (χ2n) is 3.60. The lowest BCUT2D eigenvalue weighted by molar-refractivity contribution is 0.287. The van der Waals surface area contributed by atoms with E-state index in [1.165, 1.54) is 6.20 Å². The number of aromatic hydroxyl groups is 1. The summed E-state index contributed by atoms with van der Waals surface area (Å²) in [5.41, 5.74) is 1.22. The summed E-state index contributed by atoms with van der Waals surface area (Å²) in [5.74, 6) is 0.737. The van der Waals surface area contributed by atoms with Crippen molar-refractivity contribution >= 4 is 0 Å². The van der Waals surface area contributed by atoms with Gasteiger partial charge in [-0.15, -0.1) is 5.10 Å². The molecule has 0 amide bonds. The van der Waals surface area contributed by atoms with E-state index in [0.717, 1.165) is 0 Å². The minimum Gasteiger partial charge on any atom is -0.507 e. The maximum absolute atomic E-state index is 9.70. The molecule has 0 spiro atoms. The van der Waals surface area contributed by atoms with E-state index in [2.05, 4.69) is 15.2 Å².